The summed E-state index contributed by atoms with van der Waals surface area (Å²) in [6.07, 6.45) is -1.29. The van der Waals surface area contributed by atoms with E-state index in [1.54, 1.807) is 43.1 Å². The number of benzene rings is 1. The van der Waals surface area contributed by atoms with Crippen molar-refractivity contribution in [2.45, 2.75) is 23.5 Å². The van der Waals surface area contributed by atoms with Crippen LogP contribution in [-0.2, 0) is 18.0 Å². The summed E-state index contributed by atoms with van der Waals surface area (Å²) >= 11 is 1.11. The number of carbonyl (C=O) groups is 1. The first-order valence-corrected chi connectivity index (χ1v) is 9.09. The molecule has 1 aromatic carbocycles. The molecule has 10 heteroatoms. The number of alkyl halides is 3. The zero-order valence-corrected chi connectivity index (χ0v) is 15.8. The van der Waals surface area contributed by atoms with Gasteiger partial charge in [0, 0.05) is 25.0 Å². The van der Waals surface area contributed by atoms with Crippen molar-refractivity contribution in [3.05, 3.63) is 54.4 Å². The lowest BCUT2D eigenvalue weighted by molar-refractivity contribution is -0.137. The summed E-state index contributed by atoms with van der Waals surface area (Å²) in [7, 11) is 1.75. The van der Waals surface area contributed by atoms with Crippen molar-refractivity contribution in [3.63, 3.8) is 0 Å². The van der Waals surface area contributed by atoms with Crippen LogP contribution in [-0.4, -0.2) is 30.9 Å². The second-order valence-corrected chi connectivity index (χ2v) is 7.20. The number of hydrogen-bond donors (Lipinski definition) is 1. The first kappa shape index (κ1) is 19.9. The smallest absolute Gasteiger partial charge is 0.325 e. The van der Waals surface area contributed by atoms with Crippen LogP contribution in [0.3, 0.4) is 0 Å². The van der Waals surface area contributed by atoms with Crippen molar-refractivity contribution >= 4 is 23.4 Å². The Morgan fingerprint density at radius 2 is 1.82 bits per heavy atom. The third kappa shape index (κ3) is 4.33. The quantitative estimate of drug-likeness (QED) is 0.647. The molecule has 1 N–H and O–H groups in total. The van der Waals surface area contributed by atoms with Gasteiger partial charge in [0.05, 0.1) is 16.5 Å². The fourth-order valence-corrected chi connectivity index (χ4v) is 3.27. The molecule has 2 aromatic heterocycles. The molecule has 0 unspecified atom stereocenters. The molecule has 1 amide bonds. The summed E-state index contributed by atoms with van der Waals surface area (Å²) in [5.41, 5.74) is -0.352. The summed E-state index contributed by atoms with van der Waals surface area (Å²) in [5.74, 6) is 0.0371. The highest BCUT2D eigenvalue weighted by atomic mass is 32.2. The second-order valence-electron chi connectivity index (χ2n) is 5.89. The Bertz CT molecular complexity index is 975. The van der Waals surface area contributed by atoms with Crippen LogP contribution in [0.2, 0.25) is 0 Å². The van der Waals surface area contributed by atoms with Gasteiger partial charge in [0.1, 0.15) is 0 Å². The van der Waals surface area contributed by atoms with Gasteiger partial charge in [0.15, 0.2) is 11.0 Å². The third-order valence-electron chi connectivity index (χ3n) is 3.92. The molecule has 2 heterocycles. The summed E-state index contributed by atoms with van der Waals surface area (Å²) in [6.45, 7) is 1.59. The Kier molecular flexibility index (Phi) is 5.68. The molecule has 0 aliphatic heterocycles. The molecule has 28 heavy (non-hydrogen) atoms. The minimum absolute atomic E-state index is 0.275. The fraction of sp³-hybridized carbons (Fsp3) is 0.222. The van der Waals surface area contributed by atoms with Crippen molar-refractivity contribution in [2.24, 2.45) is 7.05 Å². The number of rotatable bonds is 5. The maximum atomic E-state index is 13.1. The van der Waals surface area contributed by atoms with Crippen LogP contribution in [0.5, 0.6) is 0 Å². The molecule has 0 spiro atoms. The molecule has 0 aliphatic rings. The van der Waals surface area contributed by atoms with Crippen molar-refractivity contribution in [1.29, 1.82) is 0 Å². The van der Waals surface area contributed by atoms with Crippen LogP contribution >= 0.6 is 11.8 Å². The number of carbonyl (C=O) groups excluding carboxylic acids is 1. The van der Waals surface area contributed by atoms with Gasteiger partial charge in [-0.05, 0) is 31.2 Å². The topological polar surface area (TPSA) is 72.7 Å². The largest absolute Gasteiger partial charge is 0.418 e. The molecule has 1 atom stereocenters. The maximum Gasteiger partial charge on any atom is 0.418 e. The van der Waals surface area contributed by atoms with Gasteiger partial charge < -0.3 is 9.88 Å². The number of pyridine rings is 1. The molecule has 0 fully saturated rings. The van der Waals surface area contributed by atoms with Crippen LogP contribution < -0.4 is 5.32 Å². The number of hydrogen-bond acceptors (Lipinski definition) is 5. The molecule has 3 aromatic rings. The number of aromatic nitrogens is 4. The van der Waals surface area contributed by atoms with E-state index < -0.39 is 22.9 Å². The highest BCUT2D eigenvalue weighted by Gasteiger charge is 2.34. The number of nitrogens with zero attached hydrogens (tertiary/aromatic N) is 4. The van der Waals surface area contributed by atoms with Gasteiger partial charge in [0.2, 0.25) is 5.91 Å². The highest BCUT2D eigenvalue weighted by Crippen LogP contribution is 2.35. The average Bonchev–Trinajstić information content (AvgIpc) is 3.02. The molecule has 0 saturated heterocycles. The van der Waals surface area contributed by atoms with E-state index in [9.17, 15) is 18.0 Å². The molecule has 0 aliphatic carbocycles. The lowest BCUT2D eigenvalue weighted by Crippen LogP contribution is -2.24. The molecular weight excluding hydrogens is 391 g/mol. The minimum Gasteiger partial charge on any atom is -0.325 e. The van der Waals surface area contributed by atoms with Crippen molar-refractivity contribution in [3.8, 4) is 11.4 Å². The lowest BCUT2D eigenvalue weighted by atomic mass is 10.1. The predicted octanol–water partition coefficient (Wildman–Crippen LogP) is 4.02. The Balaban J connectivity index is 1.74. The Morgan fingerprint density at radius 3 is 2.50 bits per heavy atom. The SMILES string of the molecule is C[C@H](Sc1nnc(-c2ccncc2)n1C)C(=O)Nc1ccccc1C(F)(F)F. The van der Waals surface area contributed by atoms with E-state index in [4.69, 9.17) is 0 Å². The Labute approximate surface area is 163 Å². The van der Waals surface area contributed by atoms with E-state index in [2.05, 4.69) is 20.5 Å². The summed E-state index contributed by atoms with van der Waals surface area (Å²) in [6, 6.07) is 8.42. The number of anilines is 1. The number of thioether (sulfide) groups is 1. The standard InChI is InChI=1S/C18H16F3N5OS/c1-11(16(27)23-14-6-4-3-5-13(14)18(19,20)21)28-17-25-24-15(26(17)2)12-7-9-22-10-8-12/h3-11H,1-2H3,(H,23,27)/t11-/m0/s1. The van der Waals surface area contributed by atoms with Crippen molar-refractivity contribution < 1.29 is 18.0 Å². The van der Waals surface area contributed by atoms with Gasteiger partial charge in [-0.15, -0.1) is 10.2 Å². The number of amides is 1. The maximum absolute atomic E-state index is 13.1. The van der Waals surface area contributed by atoms with Crippen LogP contribution in [0, 0.1) is 0 Å². The third-order valence-corrected chi connectivity index (χ3v) is 5.05. The van der Waals surface area contributed by atoms with Gasteiger partial charge in [-0.3, -0.25) is 9.78 Å². The van der Waals surface area contributed by atoms with E-state index in [-0.39, 0.29) is 5.69 Å². The normalized spacial score (nSPS) is 12.6. The van der Waals surface area contributed by atoms with Gasteiger partial charge in [-0.1, -0.05) is 23.9 Å². The van der Waals surface area contributed by atoms with Crippen molar-refractivity contribution in [2.75, 3.05) is 5.32 Å². The van der Waals surface area contributed by atoms with Crippen LogP contribution in [0.1, 0.15) is 12.5 Å². The fourth-order valence-electron chi connectivity index (χ4n) is 2.46. The second kappa shape index (κ2) is 8.01. The van der Waals surface area contributed by atoms with Gasteiger partial charge in [-0.25, -0.2) is 0 Å². The van der Waals surface area contributed by atoms with E-state index in [0.29, 0.717) is 11.0 Å². The van der Waals surface area contributed by atoms with E-state index in [1.165, 1.54) is 18.2 Å². The van der Waals surface area contributed by atoms with Crippen molar-refractivity contribution in [1.82, 2.24) is 19.7 Å². The predicted molar refractivity (Wildman–Crippen MR) is 99.6 cm³/mol. The van der Waals surface area contributed by atoms with Crippen LogP contribution in [0.25, 0.3) is 11.4 Å². The van der Waals surface area contributed by atoms with E-state index >= 15 is 0 Å². The van der Waals surface area contributed by atoms with Gasteiger partial charge in [-0.2, -0.15) is 13.2 Å². The molecule has 6 nitrogen and oxygen atoms in total. The number of halogens is 3. The average molecular weight is 407 g/mol. The summed E-state index contributed by atoms with van der Waals surface area (Å²) < 4.78 is 41.0. The molecule has 146 valence electrons. The molecule has 0 bridgehead atoms. The zero-order chi connectivity index (χ0) is 20.3. The molecule has 3 rings (SSSR count). The van der Waals surface area contributed by atoms with E-state index in [1.807, 2.05) is 0 Å². The summed E-state index contributed by atoms with van der Waals surface area (Å²) in [4.78, 5) is 16.4. The lowest BCUT2D eigenvalue weighted by Gasteiger charge is -2.16. The van der Waals surface area contributed by atoms with Crippen LogP contribution in [0.4, 0.5) is 18.9 Å². The van der Waals surface area contributed by atoms with Gasteiger partial charge >= 0.3 is 6.18 Å². The molecule has 0 saturated carbocycles. The van der Waals surface area contributed by atoms with Crippen LogP contribution in [0.15, 0.2) is 53.9 Å². The first-order valence-electron chi connectivity index (χ1n) is 8.21. The number of para-hydroxylation sites is 1. The minimum atomic E-state index is -4.55. The highest BCUT2D eigenvalue weighted by molar-refractivity contribution is 8.00. The van der Waals surface area contributed by atoms with Gasteiger partial charge in [0.25, 0.3) is 0 Å². The molecule has 0 radical (unpaired) electrons. The zero-order valence-electron chi connectivity index (χ0n) is 14.9. The number of nitrogens with one attached hydrogen (secondary N) is 1. The van der Waals surface area contributed by atoms with E-state index in [0.717, 1.165) is 23.4 Å². The monoisotopic (exact) mass is 407 g/mol. The Hall–Kier alpha value is -2.88. The first-order chi connectivity index (χ1) is 13.3. The Morgan fingerprint density at radius 1 is 1.14 bits per heavy atom. The molecular formula is C18H16F3N5OS. The summed E-state index contributed by atoms with van der Waals surface area (Å²) in [5, 5.41) is 10.3.